The van der Waals surface area contributed by atoms with Crippen molar-refractivity contribution in [2.75, 3.05) is 6.54 Å². The van der Waals surface area contributed by atoms with Crippen molar-refractivity contribution >= 4 is 29.1 Å². The van der Waals surface area contributed by atoms with Crippen LogP contribution in [0.25, 0.3) is 0 Å². The van der Waals surface area contributed by atoms with Crippen LogP contribution in [0.4, 0.5) is 4.39 Å². The first-order valence-electron chi connectivity index (χ1n) is 5.10. The van der Waals surface area contributed by atoms with Crippen LogP contribution >= 0.6 is 23.2 Å². The zero-order valence-corrected chi connectivity index (χ0v) is 10.8. The fourth-order valence-corrected chi connectivity index (χ4v) is 1.70. The Morgan fingerprint density at radius 1 is 1.41 bits per heavy atom. The molecule has 1 N–H and O–H groups in total. The number of benzene rings is 1. The molecule has 0 aliphatic heterocycles. The minimum atomic E-state index is -0.658. The molecule has 1 rings (SSSR count). The molecule has 0 heterocycles. The Hall–Kier alpha value is -1.06. The minimum absolute atomic E-state index is 0.0917. The summed E-state index contributed by atoms with van der Waals surface area (Å²) >= 11 is 11.3. The van der Waals surface area contributed by atoms with Gasteiger partial charge >= 0.3 is 0 Å². The first-order chi connectivity index (χ1) is 8.06. The average molecular weight is 276 g/mol. The quantitative estimate of drug-likeness (QED) is 0.505. The molecule has 0 radical (unpaired) electrons. The zero-order valence-electron chi connectivity index (χ0n) is 9.27. The SMILES string of the molecule is C/C=C/CCNC(=O)c1cc(F)c(Cl)cc1Cl. The zero-order chi connectivity index (χ0) is 12.8. The van der Waals surface area contributed by atoms with E-state index in [1.165, 1.54) is 6.07 Å². The summed E-state index contributed by atoms with van der Waals surface area (Å²) in [5, 5.41) is 2.68. The molecule has 0 unspecified atom stereocenters. The summed E-state index contributed by atoms with van der Waals surface area (Å²) in [6.45, 7) is 2.37. The number of carbonyl (C=O) groups is 1. The lowest BCUT2D eigenvalue weighted by atomic mass is 10.2. The molecular weight excluding hydrogens is 264 g/mol. The van der Waals surface area contributed by atoms with Gasteiger partial charge < -0.3 is 5.32 Å². The van der Waals surface area contributed by atoms with E-state index in [1.807, 2.05) is 19.1 Å². The van der Waals surface area contributed by atoms with Crippen molar-refractivity contribution in [3.8, 4) is 0 Å². The van der Waals surface area contributed by atoms with Crippen LogP contribution in [0.2, 0.25) is 10.0 Å². The van der Waals surface area contributed by atoms with Gasteiger partial charge in [-0.25, -0.2) is 4.39 Å². The second-order valence-corrected chi connectivity index (χ2v) is 4.17. The van der Waals surface area contributed by atoms with Crippen LogP contribution in [-0.2, 0) is 0 Å². The Labute approximate surface area is 109 Å². The molecule has 0 fully saturated rings. The van der Waals surface area contributed by atoms with Crippen molar-refractivity contribution in [3.05, 3.63) is 45.7 Å². The van der Waals surface area contributed by atoms with Crippen LogP contribution in [0.15, 0.2) is 24.3 Å². The molecule has 0 aliphatic carbocycles. The van der Waals surface area contributed by atoms with Crippen molar-refractivity contribution in [3.63, 3.8) is 0 Å². The van der Waals surface area contributed by atoms with Gasteiger partial charge in [0.25, 0.3) is 5.91 Å². The largest absolute Gasteiger partial charge is 0.352 e. The number of amides is 1. The number of rotatable bonds is 4. The molecule has 0 saturated carbocycles. The van der Waals surface area contributed by atoms with Gasteiger partial charge in [-0.05, 0) is 25.5 Å². The summed E-state index contributed by atoms with van der Waals surface area (Å²) < 4.78 is 13.2. The summed E-state index contributed by atoms with van der Waals surface area (Å²) in [5.74, 6) is -1.07. The van der Waals surface area contributed by atoms with Crippen LogP contribution in [0.1, 0.15) is 23.7 Å². The van der Waals surface area contributed by atoms with Crippen LogP contribution in [0.5, 0.6) is 0 Å². The van der Waals surface area contributed by atoms with Crippen molar-refractivity contribution < 1.29 is 9.18 Å². The highest BCUT2D eigenvalue weighted by molar-refractivity contribution is 6.36. The normalized spacial score (nSPS) is 10.8. The number of halogens is 3. The van der Waals surface area contributed by atoms with Crippen LogP contribution in [0.3, 0.4) is 0 Å². The molecule has 1 amide bonds. The second-order valence-electron chi connectivity index (χ2n) is 3.36. The molecule has 1 aromatic carbocycles. The number of hydrogen-bond donors (Lipinski definition) is 1. The highest BCUT2D eigenvalue weighted by Crippen LogP contribution is 2.24. The lowest BCUT2D eigenvalue weighted by molar-refractivity contribution is 0.0954. The Bertz CT molecular complexity index is 446. The maximum absolute atomic E-state index is 13.2. The Balaban J connectivity index is 2.72. The van der Waals surface area contributed by atoms with Crippen molar-refractivity contribution in [2.45, 2.75) is 13.3 Å². The van der Waals surface area contributed by atoms with Gasteiger partial charge in [-0.1, -0.05) is 35.4 Å². The van der Waals surface area contributed by atoms with Crippen molar-refractivity contribution in [1.82, 2.24) is 5.32 Å². The molecule has 0 bridgehead atoms. The fourth-order valence-electron chi connectivity index (χ4n) is 1.23. The van der Waals surface area contributed by atoms with E-state index in [2.05, 4.69) is 5.32 Å². The third-order valence-electron chi connectivity index (χ3n) is 2.09. The monoisotopic (exact) mass is 275 g/mol. The van der Waals surface area contributed by atoms with E-state index in [0.717, 1.165) is 12.5 Å². The van der Waals surface area contributed by atoms with E-state index in [1.54, 1.807) is 0 Å². The maximum Gasteiger partial charge on any atom is 0.252 e. The van der Waals surface area contributed by atoms with E-state index in [9.17, 15) is 9.18 Å². The smallest absolute Gasteiger partial charge is 0.252 e. The molecule has 0 saturated heterocycles. The molecule has 2 nitrogen and oxygen atoms in total. The summed E-state index contributed by atoms with van der Waals surface area (Å²) in [4.78, 5) is 11.7. The summed E-state index contributed by atoms with van der Waals surface area (Å²) in [5.41, 5.74) is 0.0917. The molecule has 92 valence electrons. The van der Waals surface area contributed by atoms with Gasteiger partial charge in [0, 0.05) is 6.54 Å². The standard InChI is InChI=1S/C12H12Cl2FNO/c1-2-3-4-5-16-12(17)8-6-11(15)10(14)7-9(8)13/h2-3,6-7H,4-5H2,1H3,(H,16,17)/b3-2+. The predicted molar refractivity (Wildman–Crippen MR) is 68.2 cm³/mol. The number of allylic oxidation sites excluding steroid dienone is 1. The van der Waals surface area contributed by atoms with Gasteiger partial charge in [0.15, 0.2) is 0 Å². The third kappa shape index (κ3) is 4.02. The molecule has 0 aromatic heterocycles. The summed E-state index contributed by atoms with van der Waals surface area (Å²) in [6.07, 6.45) is 4.53. The van der Waals surface area contributed by atoms with Gasteiger partial charge in [0.05, 0.1) is 15.6 Å². The number of hydrogen-bond acceptors (Lipinski definition) is 1. The van der Waals surface area contributed by atoms with E-state index in [0.29, 0.717) is 6.54 Å². The molecule has 0 aliphatic rings. The second kappa shape index (κ2) is 6.62. The van der Waals surface area contributed by atoms with Gasteiger partial charge in [0.2, 0.25) is 0 Å². The van der Waals surface area contributed by atoms with Gasteiger partial charge in [-0.2, -0.15) is 0 Å². The lowest BCUT2D eigenvalue weighted by Crippen LogP contribution is -2.24. The minimum Gasteiger partial charge on any atom is -0.352 e. The molecular formula is C12H12Cl2FNO. The summed E-state index contributed by atoms with van der Waals surface area (Å²) in [7, 11) is 0. The molecule has 5 heteroatoms. The predicted octanol–water partition coefficient (Wildman–Crippen LogP) is 3.83. The van der Waals surface area contributed by atoms with Crippen LogP contribution in [0, 0.1) is 5.82 Å². The van der Waals surface area contributed by atoms with Gasteiger partial charge in [0.1, 0.15) is 5.82 Å². The van der Waals surface area contributed by atoms with Crippen LogP contribution < -0.4 is 5.32 Å². The Morgan fingerprint density at radius 2 is 2.12 bits per heavy atom. The highest BCUT2D eigenvalue weighted by Gasteiger charge is 2.13. The number of carbonyl (C=O) groups excluding carboxylic acids is 1. The maximum atomic E-state index is 13.2. The van der Waals surface area contributed by atoms with Crippen molar-refractivity contribution in [2.24, 2.45) is 0 Å². The Morgan fingerprint density at radius 3 is 2.76 bits per heavy atom. The van der Waals surface area contributed by atoms with Gasteiger partial charge in [-0.15, -0.1) is 0 Å². The number of nitrogens with one attached hydrogen (secondary N) is 1. The van der Waals surface area contributed by atoms with E-state index >= 15 is 0 Å². The molecule has 0 atom stereocenters. The van der Waals surface area contributed by atoms with E-state index in [-0.39, 0.29) is 15.6 Å². The topological polar surface area (TPSA) is 29.1 Å². The Kier molecular flexibility index (Phi) is 5.45. The van der Waals surface area contributed by atoms with Crippen molar-refractivity contribution in [1.29, 1.82) is 0 Å². The lowest BCUT2D eigenvalue weighted by Gasteiger charge is -2.06. The molecule has 17 heavy (non-hydrogen) atoms. The molecule has 0 spiro atoms. The first kappa shape index (κ1) is 14.0. The van der Waals surface area contributed by atoms with E-state index < -0.39 is 11.7 Å². The third-order valence-corrected chi connectivity index (χ3v) is 2.69. The fraction of sp³-hybridized carbons (Fsp3) is 0.250. The van der Waals surface area contributed by atoms with Crippen LogP contribution in [-0.4, -0.2) is 12.5 Å². The van der Waals surface area contributed by atoms with E-state index in [4.69, 9.17) is 23.2 Å². The average Bonchev–Trinajstić information content (AvgIpc) is 2.29. The first-order valence-corrected chi connectivity index (χ1v) is 5.85. The summed E-state index contributed by atoms with van der Waals surface area (Å²) in [6, 6.07) is 2.26. The molecule has 1 aromatic rings. The highest BCUT2D eigenvalue weighted by atomic mass is 35.5. The van der Waals surface area contributed by atoms with Gasteiger partial charge in [-0.3, -0.25) is 4.79 Å².